The fourth-order valence-electron chi connectivity index (χ4n) is 2.33. The van der Waals surface area contributed by atoms with E-state index in [0.717, 1.165) is 24.6 Å². The average molecular weight is 256 g/mol. The third kappa shape index (κ3) is 2.03. The number of pyridine rings is 1. The van der Waals surface area contributed by atoms with Gasteiger partial charge in [-0.15, -0.1) is 0 Å². The highest BCUT2D eigenvalue weighted by Gasteiger charge is 2.42. The number of fused-ring (bicyclic) bond motifs is 1. The third-order valence-electron chi connectivity index (χ3n) is 3.90. The zero-order valence-electron chi connectivity index (χ0n) is 10.8. The molecule has 1 saturated carbocycles. The van der Waals surface area contributed by atoms with E-state index < -0.39 is 0 Å². The molecule has 4 nitrogen and oxygen atoms in total. The van der Waals surface area contributed by atoms with Crippen molar-refractivity contribution in [2.24, 2.45) is 0 Å². The molecule has 3 rings (SSSR count). The molecule has 0 radical (unpaired) electrons. The number of benzene rings is 1. The van der Waals surface area contributed by atoms with Gasteiger partial charge in [0.05, 0.1) is 0 Å². The van der Waals surface area contributed by atoms with Crippen molar-refractivity contribution in [1.82, 2.24) is 10.3 Å². The van der Waals surface area contributed by atoms with Crippen LogP contribution in [0.2, 0.25) is 0 Å². The number of rotatable bonds is 3. The van der Waals surface area contributed by atoms with Gasteiger partial charge in [0, 0.05) is 22.5 Å². The van der Waals surface area contributed by atoms with Crippen LogP contribution >= 0.6 is 0 Å². The van der Waals surface area contributed by atoms with Crippen LogP contribution in [0.3, 0.4) is 0 Å². The number of hydrogen-bond acceptors (Lipinski definition) is 3. The first-order chi connectivity index (χ1) is 9.15. The maximum Gasteiger partial charge on any atom is 0.274 e. The second-order valence-corrected chi connectivity index (χ2v) is 5.13. The minimum atomic E-state index is -0.289. The van der Waals surface area contributed by atoms with Crippen molar-refractivity contribution in [3.8, 4) is 5.75 Å². The van der Waals surface area contributed by atoms with Crippen LogP contribution in [0.15, 0.2) is 30.5 Å². The third-order valence-corrected chi connectivity index (χ3v) is 3.90. The summed E-state index contributed by atoms with van der Waals surface area (Å²) in [4.78, 5) is 16.3. The van der Waals surface area contributed by atoms with Crippen LogP contribution in [0.4, 0.5) is 0 Å². The first kappa shape index (κ1) is 12.0. The highest BCUT2D eigenvalue weighted by atomic mass is 16.3. The van der Waals surface area contributed by atoms with Crippen molar-refractivity contribution >= 4 is 16.7 Å². The van der Waals surface area contributed by atoms with E-state index in [1.807, 2.05) is 18.2 Å². The van der Waals surface area contributed by atoms with Crippen LogP contribution in [0.5, 0.6) is 5.75 Å². The summed E-state index contributed by atoms with van der Waals surface area (Å²) in [5.74, 6) is -0.329. The summed E-state index contributed by atoms with van der Waals surface area (Å²) in [6.07, 6.45) is 4.54. The Kier molecular flexibility index (Phi) is 2.66. The molecule has 0 bridgehead atoms. The Morgan fingerprint density at radius 3 is 2.84 bits per heavy atom. The van der Waals surface area contributed by atoms with Gasteiger partial charge in [-0.3, -0.25) is 4.79 Å². The number of nitrogens with one attached hydrogen (secondary N) is 1. The lowest BCUT2D eigenvalue weighted by Gasteiger charge is -2.15. The standard InChI is InChI=1S/C15H16N2O2/c1-2-15(7-8-15)17-14(19)12-13(18)11-6-4-3-5-10(11)9-16-12/h3-6,9,18H,2,7-8H2,1H3,(H,17,19). The smallest absolute Gasteiger partial charge is 0.274 e. The van der Waals surface area contributed by atoms with Gasteiger partial charge in [-0.25, -0.2) is 4.98 Å². The van der Waals surface area contributed by atoms with Crippen molar-refractivity contribution in [1.29, 1.82) is 0 Å². The summed E-state index contributed by atoms with van der Waals surface area (Å²) < 4.78 is 0. The van der Waals surface area contributed by atoms with Crippen molar-refractivity contribution in [3.63, 3.8) is 0 Å². The Balaban J connectivity index is 1.96. The SMILES string of the molecule is CCC1(NC(=O)c2ncc3ccccc3c2O)CC1. The lowest BCUT2D eigenvalue weighted by molar-refractivity contribution is 0.0922. The monoisotopic (exact) mass is 256 g/mol. The topological polar surface area (TPSA) is 62.2 Å². The highest BCUT2D eigenvalue weighted by molar-refractivity contribution is 6.01. The van der Waals surface area contributed by atoms with Crippen LogP contribution in [-0.2, 0) is 0 Å². The van der Waals surface area contributed by atoms with Gasteiger partial charge in [-0.1, -0.05) is 31.2 Å². The molecule has 0 atom stereocenters. The Bertz CT molecular complexity index is 648. The van der Waals surface area contributed by atoms with Gasteiger partial charge in [0.25, 0.3) is 5.91 Å². The normalized spacial score (nSPS) is 16.3. The molecule has 98 valence electrons. The van der Waals surface area contributed by atoms with Crippen molar-refractivity contribution in [2.75, 3.05) is 0 Å². The minimum absolute atomic E-state index is 0.0393. The van der Waals surface area contributed by atoms with Gasteiger partial charge in [-0.05, 0) is 19.3 Å². The van der Waals surface area contributed by atoms with Crippen molar-refractivity contribution in [3.05, 3.63) is 36.2 Å². The second kappa shape index (κ2) is 4.23. The lowest BCUT2D eigenvalue weighted by Crippen LogP contribution is -2.36. The molecule has 1 fully saturated rings. The number of aromatic nitrogens is 1. The van der Waals surface area contributed by atoms with E-state index >= 15 is 0 Å². The van der Waals surface area contributed by atoms with E-state index in [9.17, 15) is 9.90 Å². The molecule has 0 spiro atoms. The quantitative estimate of drug-likeness (QED) is 0.887. The Morgan fingerprint density at radius 2 is 2.16 bits per heavy atom. The summed E-state index contributed by atoms with van der Waals surface area (Å²) in [5, 5.41) is 14.6. The summed E-state index contributed by atoms with van der Waals surface area (Å²) in [6, 6.07) is 7.35. The molecule has 4 heteroatoms. The largest absolute Gasteiger partial charge is 0.505 e. The molecule has 1 heterocycles. The molecule has 2 aromatic rings. The van der Waals surface area contributed by atoms with E-state index in [-0.39, 0.29) is 22.9 Å². The maximum absolute atomic E-state index is 12.2. The lowest BCUT2D eigenvalue weighted by atomic mass is 10.1. The van der Waals surface area contributed by atoms with Gasteiger partial charge < -0.3 is 10.4 Å². The molecular weight excluding hydrogens is 240 g/mol. The fraction of sp³-hybridized carbons (Fsp3) is 0.333. The summed E-state index contributed by atoms with van der Waals surface area (Å²) in [5.41, 5.74) is 0.0371. The molecular formula is C15H16N2O2. The molecule has 0 saturated heterocycles. The number of carbonyl (C=O) groups is 1. The number of aromatic hydroxyl groups is 1. The number of amides is 1. The van der Waals surface area contributed by atoms with Crippen LogP contribution in [0.1, 0.15) is 36.7 Å². The number of hydrogen-bond donors (Lipinski definition) is 2. The molecule has 0 aliphatic heterocycles. The van der Waals surface area contributed by atoms with Crippen molar-refractivity contribution in [2.45, 2.75) is 31.7 Å². The summed E-state index contributed by atoms with van der Waals surface area (Å²) >= 11 is 0. The fourth-order valence-corrected chi connectivity index (χ4v) is 2.33. The summed E-state index contributed by atoms with van der Waals surface area (Å²) in [6.45, 7) is 2.06. The van der Waals surface area contributed by atoms with Crippen LogP contribution in [0.25, 0.3) is 10.8 Å². The average Bonchev–Trinajstić information content (AvgIpc) is 3.19. The van der Waals surface area contributed by atoms with Crippen LogP contribution in [-0.4, -0.2) is 21.5 Å². The van der Waals surface area contributed by atoms with Crippen molar-refractivity contribution < 1.29 is 9.90 Å². The van der Waals surface area contributed by atoms with Crippen LogP contribution < -0.4 is 5.32 Å². The van der Waals surface area contributed by atoms with Gasteiger partial charge in [0.2, 0.25) is 0 Å². The predicted octanol–water partition coefficient (Wildman–Crippen LogP) is 2.61. The molecule has 2 N–H and O–H groups in total. The highest BCUT2D eigenvalue weighted by Crippen LogP contribution is 2.39. The molecule has 1 aliphatic rings. The van der Waals surface area contributed by atoms with E-state index in [4.69, 9.17) is 0 Å². The van der Waals surface area contributed by atoms with E-state index in [1.54, 1.807) is 12.3 Å². The number of carbonyl (C=O) groups excluding carboxylic acids is 1. The van der Waals surface area contributed by atoms with Crippen LogP contribution in [0, 0.1) is 0 Å². The minimum Gasteiger partial charge on any atom is -0.505 e. The zero-order valence-corrected chi connectivity index (χ0v) is 10.8. The Morgan fingerprint density at radius 1 is 1.42 bits per heavy atom. The number of nitrogens with zero attached hydrogens (tertiary/aromatic N) is 1. The molecule has 1 aromatic heterocycles. The first-order valence-electron chi connectivity index (χ1n) is 6.54. The Labute approximate surface area is 111 Å². The molecule has 1 amide bonds. The molecule has 0 unspecified atom stereocenters. The van der Waals surface area contributed by atoms with E-state index in [0.29, 0.717) is 5.39 Å². The van der Waals surface area contributed by atoms with Gasteiger partial charge in [0.1, 0.15) is 0 Å². The molecule has 1 aromatic carbocycles. The zero-order chi connectivity index (χ0) is 13.5. The Hall–Kier alpha value is -2.10. The first-order valence-corrected chi connectivity index (χ1v) is 6.54. The second-order valence-electron chi connectivity index (χ2n) is 5.13. The predicted molar refractivity (Wildman–Crippen MR) is 73.1 cm³/mol. The summed E-state index contributed by atoms with van der Waals surface area (Å²) in [7, 11) is 0. The van der Waals surface area contributed by atoms with E-state index in [1.165, 1.54) is 0 Å². The van der Waals surface area contributed by atoms with Gasteiger partial charge in [0.15, 0.2) is 11.4 Å². The molecule has 1 aliphatic carbocycles. The van der Waals surface area contributed by atoms with Gasteiger partial charge in [-0.2, -0.15) is 0 Å². The van der Waals surface area contributed by atoms with E-state index in [2.05, 4.69) is 17.2 Å². The maximum atomic E-state index is 12.2. The van der Waals surface area contributed by atoms with Gasteiger partial charge >= 0.3 is 0 Å². The molecule has 19 heavy (non-hydrogen) atoms.